The Morgan fingerprint density at radius 2 is 1.62 bits per heavy atom. The van der Waals surface area contributed by atoms with Crippen molar-refractivity contribution in [2.24, 2.45) is 5.10 Å². The van der Waals surface area contributed by atoms with E-state index in [2.05, 4.69) is 20.7 Å². The second-order valence-corrected chi connectivity index (χ2v) is 9.08. The Bertz CT molecular complexity index is 1480. The van der Waals surface area contributed by atoms with Gasteiger partial charge < -0.3 is 18.9 Å². The predicted octanol–water partition coefficient (Wildman–Crippen LogP) is 4.13. The molecule has 0 fully saturated rings. The summed E-state index contributed by atoms with van der Waals surface area (Å²) < 4.78 is 23.0. The molecule has 11 nitrogen and oxygen atoms in total. The molecule has 12 heteroatoms. The minimum atomic E-state index is -0.512. The predicted molar refractivity (Wildman–Crippen MR) is 151 cm³/mol. The molecule has 0 atom stereocenters. The number of nitrogens with zero attached hydrogens (tertiary/aromatic N) is 4. The molecule has 1 aromatic heterocycles. The molecule has 0 aliphatic carbocycles. The van der Waals surface area contributed by atoms with Crippen molar-refractivity contribution < 1.29 is 28.5 Å². The Kier molecular flexibility index (Phi) is 9.36. The van der Waals surface area contributed by atoms with Crippen molar-refractivity contribution in [3.8, 4) is 40.1 Å². The Balaban J connectivity index is 1.47. The normalized spacial score (nSPS) is 10.8. The maximum absolute atomic E-state index is 12.6. The SMILES string of the molecule is COc1ccc(-c2nnc(SCC(=O)N/N=C/c3cc(OC)c(OC(C)=O)c(OC)c3)n2-c2ccccc2)cc1. The number of methoxy groups -OCH3 is 3. The zero-order valence-corrected chi connectivity index (χ0v) is 23.1. The molecule has 0 unspecified atom stereocenters. The number of carbonyl (C=O) groups excluding carboxylic acids is 2. The highest BCUT2D eigenvalue weighted by atomic mass is 32.2. The van der Waals surface area contributed by atoms with E-state index < -0.39 is 5.97 Å². The summed E-state index contributed by atoms with van der Waals surface area (Å²) >= 11 is 1.23. The first-order valence-electron chi connectivity index (χ1n) is 12.0. The average Bonchev–Trinajstić information content (AvgIpc) is 3.40. The molecule has 0 radical (unpaired) electrons. The van der Waals surface area contributed by atoms with Crippen LogP contribution in [0.3, 0.4) is 0 Å². The number of benzene rings is 3. The van der Waals surface area contributed by atoms with Crippen molar-refractivity contribution in [1.82, 2.24) is 20.2 Å². The van der Waals surface area contributed by atoms with Gasteiger partial charge in [-0.3, -0.25) is 14.2 Å². The molecule has 40 heavy (non-hydrogen) atoms. The van der Waals surface area contributed by atoms with Crippen molar-refractivity contribution in [2.75, 3.05) is 27.1 Å². The molecule has 206 valence electrons. The number of thioether (sulfide) groups is 1. The molecule has 0 aliphatic rings. The summed E-state index contributed by atoms with van der Waals surface area (Å²) in [6, 6.07) is 20.4. The van der Waals surface area contributed by atoms with Crippen LogP contribution in [0, 0.1) is 0 Å². The van der Waals surface area contributed by atoms with E-state index in [1.54, 1.807) is 19.2 Å². The smallest absolute Gasteiger partial charge is 0.308 e. The fraction of sp³-hybridized carbons (Fsp3) is 0.179. The van der Waals surface area contributed by atoms with E-state index in [0.717, 1.165) is 17.0 Å². The molecule has 4 aromatic rings. The molecular weight excluding hydrogens is 534 g/mol. The highest BCUT2D eigenvalue weighted by Gasteiger charge is 2.18. The molecule has 1 heterocycles. The molecule has 0 bridgehead atoms. The van der Waals surface area contributed by atoms with Gasteiger partial charge in [-0.15, -0.1) is 10.2 Å². The van der Waals surface area contributed by atoms with Crippen molar-refractivity contribution >= 4 is 29.9 Å². The Hall–Kier alpha value is -4.84. The van der Waals surface area contributed by atoms with Crippen LogP contribution in [0.15, 0.2) is 77.0 Å². The first-order valence-corrected chi connectivity index (χ1v) is 13.0. The highest BCUT2D eigenvalue weighted by Crippen LogP contribution is 2.38. The van der Waals surface area contributed by atoms with Gasteiger partial charge >= 0.3 is 5.97 Å². The minimum Gasteiger partial charge on any atom is -0.497 e. The molecule has 0 spiro atoms. The third-order valence-corrected chi connectivity index (χ3v) is 6.39. The number of amides is 1. The quantitative estimate of drug-likeness (QED) is 0.0946. The van der Waals surface area contributed by atoms with E-state index in [9.17, 15) is 9.59 Å². The molecule has 4 rings (SSSR count). The minimum absolute atomic E-state index is 0.0446. The van der Waals surface area contributed by atoms with Gasteiger partial charge in [0, 0.05) is 23.7 Å². The van der Waals surface area contributed by atoms with Crippen molar-refractivity contribution in [3.63, 3.8) is 0 Å². The molecule has 0 saturated carbocycles. The zero-order chi connectivity index (χ0) is 28.5. The molecular formula is C28H27N5O6S. The van der Waals surface area contributed by atoms with Crippen molar-refractivity contribution in [1.29, 1.82) is 0 Å². The van der Waals surface area contributed by atoms with Crippen LogP contribution in [-0.2, 0) is 9.59 Å². The van der Waals surface area contributed by atoms with E-state index in [0.29, 0.717) is 16.5 Å². The number of hydrogen-bond donors (Lipinski definition) is 1. The van der Waals surface area contributed by atoms with Crippen LogP contribution in [0.25, 0.3) is 17.1 Å². The summed E-state index contributed by atoms with van der Waals surface area (Å²) in [5, 5.41) is 13.3. The van der Waals surface area contributed by atoms with Crippen molar-refractivity contribution in [2.45, 2.75) is 12.1 Å². The maximum atomic E-state index is 12.6. The van der Waals surface area contributed by atoms with Gasteiger partial charge in [0.15, 0.2) is 22.5 Å². The highest BCUT2D eigenvalue weighted by molar-refractivity contribution is 7.99. The van der Waals surface area contributed by atoms with Gasteiger partial charge in [0.1, 0.15) is 5.75 Å². The number of hydrogen-bond acceptors (Lipinski definition) is 10. The van der Waals surface area contributed by atoms with Gasteiger partial charge in [-0.05, 0) is 48.5 Å². The number of esters is 1. The third-order valence-electron chi connectivity index (χ3n) is 5.46. The lowest BCUT2D eigenvalue weighted by Crippen LogP contribution is -2.20. The second kappa shape index (κ2) is 13.3. The molecule has 1 N–H and O–H groups in total. The van der Waals surface area contributed by atoms with E-state index >= 15 is 0 Å². The number of ether oxygens (including phenoxy) is 4. The largest absolute Gasteiger partial charge is 0.497 e. The molecule has 0 saturated heterocycles. The van der Waals surface area contributed by atoms with Gasteiger partial charge in [0.2, 0.25) is 5.75 Å². The third kappa shape index (κ3) is 6.77. The number of carbonyl (C=O) groups is 2. The average molecular weight is 562 g/mol. The monoisotopic (exact) mass is 561 g/mol. The summed E-state index contributed by atoms with van der Waals surface area (Å²) in [4.78, 5) is 24.0. The fourth-order valence-corrected chi connectivity index (χ4v) is 4.40. The van der Waals surface area contributed by atoms with Gasteiger partial charge in [-0.25, -0.2) is 5.43 Å². The Morgan fingerprint density at radius 3 is 2.23 bits per heavy atom. The summed E-state index contributed by atoms with van der Waals surface area (Å²) in [7, 11) is 4.49. The summed E-state index contributed by atoms with van der Waals surface area (Å²) in [6.07, 6.45) is 1.43. The lowest BCUT2D eigenvalue weighted by molar-refractivity contribution is -0.132. The van der Waals surface area contributed by atoms with Crippen LogP contribution in [0.5, 0.6) is 23.0 Å². The first-order chi connectivity index (χ1) is 19.4. The van der Waals surface area contributed by atoms with E-state index in [-0.39, 0.29) is 28.9 Å². The molecule has 1 amide bonds. The topological polar surface area (TPSA) is 126 Å². The number of nitrogens with one attached hydrogen (secondary N) is 1. The van der Waals surface area contributed by atoms with E-state index in [1.165, 1.54) is 39.1 Å². The molecule has 0 aliphatic heterocycles. The van der Waals surface area contributed by atoms with Gasteiger partial charge in [-0.1, -0.05) is 30.0 Å². The van der Waals surface area contributed by atoms with Gasteiger partial charge in [0.05, 0.1) is 33.3 Å². The van der Waals surface area contributed by atoms with Crippen LogP contribution in [0.1, 0.15) is 12.5 Å². The summed E-state index contributed by atoms with van der Waals surface area (Å²) in [5.41, 5.74) is 4.78. The second-order valence-electron chi connectivity index (χ2n) is 8.14. The number of para-hydroxylation sites is 1. The maximum Gasteiger partial charge on any atom is 0.308 e. The Morgan fingerprint density at radius 1 is 0.950 bits per heavy atom. The van der Waals surface area contributed by atoms with Crippen LogP contribution in [-0.4, -0.2) is 59.9 Å². The Labute approximate surface area is 235 Å². The van der Waals surface area contributed by atoms with Crippen LogP contribution < -0.4 is 24.4 Å². The van der Waals surface area contributed by atoms with Gasteiger partial charge in [-0.2, -0.15) is 5.10 Å². The van der Waals surface area contributed by atoms with Crippen LogP contribution in [0.4, 0.5) is 0 Å². The van der Waals surface area contributed by atoms with Crippen molar-refractivity contribution in [3.05, 3.63) is 72.3 Å². The lowest BCUT2D eigenvalue weighted by Gasteiger charge is -2.13. The number of hydrazone groups is 1. The summed E-state index contributed by atoms with van der Waals surface area (Å²) in [6.45, 7) is 1.28. The standard InChI is InChI=1S/C28H27N5O6S/c1-18(34)39-26-23(37-3)14-19(15-24(26)38-4)16-29-30-25(35)17-40-28-32-31-27(20-10-12-22(36-2)13-11-20)33(28)21-8-6-5-7-9-21/h5-16H,17H2,1-4H3,(H,30,35)/b29-16+. The van der Waals surface area contributed by atoms with Gasteiger partial charge in [0.25, 0.3) is 5.91 Å². The lowest BCUT2D eigenvalue weighted by atomic mass is 10.2. The number of aromatic nitrogens is 3. The van der Waals surface area contributed by atoms with E-state index in [4.69, 9.17) is 18.9 Å². The molecule has 3 aromatic carbocycles. The van der Waals surface area contributed by atoms with Crippen LogP contribution in [0.2, 0.25) is 0 Å². The first kappa shape index (κ1) is 28.2. The zero-order valence-electron chi connectivity index (χ0n) is 22.3. The van der Waals surface area contributed by atoms with E-state index in [1.807, 2.05) is 59.2 Å². The van der Waals surface area contributed by atoms with Crippen LogP contribution >= 0.6 is 11.8 Å². The fourth-order valence-electron chi connectivity index (χ4n) is 3.66. The summed E-state index contributed by atoms with van der Waals surface area (Å²) in [5.74, 6) is 1.28. The number of rotatable bonds is 11.